The molecule has 9 heteroatoms. The number of fused-ring (bicyclic) bond motifs is 1. The van der Waals surface area contributed by atoms with Gasteiger partial charge in [-0.05, 0) is 6.07 Å². The quantitative estimate of drug-likeness (QED) is 0.559. The number of hydrogen-bond acceptors (Lipinski definition) is 6. The molecule has 130 valence electrons. The Kier molecular flexibility index (Phi) is 4.22. The Morgan fingerprint density at radius 1 is 1.20 bits per heavy atom. The van der Waals surface area contributed by atoms with E-state index in [0.29, 0.717) is 5.39 Å². The minimum Gasteiger partial charge on any atom is -0.494 e. The molecule has 0 radical (unpaired) electrons. The predicted molar refractivity (Wildman–Crippen MR) is 86.3 cm³/mol. The molecule has 1 aromatic carbocycles. The number of furan rings is 1. The highest BCUT2D eigenvalue weighted by atomic mass is 35.5. The Labute approximate surface area is 145 Å². The molecule has 0 saturated heterocycles. The summed E-state index contributed by atoms with van der Waals surface area (Å²) in [6.45, 7) is 0. The number of pyridine rings is 1. The van der Waals surface area contributed by atoms with Crippen LogP contribution in [0.3, 0.4) is 0 Å². The fourth-order valence-corrected chi connectivity index (χ4v) is 2.52. The third-order valence-electron chi connectivity index (χ3n) is 3.59. The van der Waals surface area contributed by atoms with E-state index in [1.807, 2.05) is 0 Å². The Balaban J connectivity index is 2.24. The van der Waals surface area contributed by atoms with Crippen LogP contribution in [0.4, 0.5) is 14.5 Å². The molecule has 0 bridgehead atoms. The number of nitrogens with two attached hydrogens (primary N) is 1. The van der Waals surface area contributed by atoms with E-state index >= 15 is 0 Å². The minimum absolute atomic E-state index is 0.107. The predicted octanol–water partition coefficient (Wildman–Crippen LogP) is 3.59. The second kappa shape index (κ2) is 6.21. The van der Waals surface area contributed by atoms with Crippen LogP contribution in [-0.4, -0.2) is 25.0 Å². The van der Waals surface area contributed by atoms with Crippen molar-refractivity contribution in [1.82, 2.24) is 4.98 Å². The van der Waals surface area contributed by atoms with Crippen molar-refractivity contribution in [3.05, 3.63) is 46.4 Å². The Hall–Kier alpha value is -2.87. The lowest BCUT2D eigenvalue weighted by Gasteiger charge is -2.11. The van der Waals surface area contributed by atoms with Crippen molar-refractivity contribution in [2.24, 2.45) is 0 Å². The average molecular weight is 369 g/mol. The molecule has 3 rings (SSSR count). The molecule has 0 saturated carbocycles. The van der Waals surface area contributed by atoms with Gasteiger partial charge < -0.3 is 19.6 Å². The molecule has 2 N–H and O–H groups in total. The highest BCUT2D eigenvalue weighted by molar-refractivity contribution is 6.30. The minimum atomic E-state index is -1.19. The molecule has 25 heavy (non-hydrogen) atoms. The summed E-state index contributed by atoms with van der Waals surface area (Å²) < 4.78 is 43.9. The van der Waals surface area contributed by atoms with Gasteiger partial charge in [0.25, 0.3) is 0 Å². The van der Waals surface area contributed by atoms with E-state index < -0.39 is 28.7 Å². The van der Waals surface area contributed by atoms with E-state index in [0.717, 1.165) is 6.07 Å². The van der Waals surface area contributed by atoms with Gasteiger partial charge in [0.2, 0.25) is 5.78 Å². The van der Waals surface area contributed by atoms with Crippen molar-refractivity contribution in [3.63, 3.8) is 0 Å². The summed E-state index contributed by atoms with van der Waals surface area (Å²) in [5.41, 5.74) is 5.02. The Bertz CT molecular complexity index is 975. The van der Waals surface area contributed by atoms with Gasteiger partial charge in [0, 0.05) is 11.5 Å². The van der Waals surface area contributed by atoms with Gasteiger partial charge in [0.05, 0.1) is 26.1 Å². The maximum Gasteiger partial charge on any atom is 0.236 e. The number of aromatic nitrogens is 1. The summed E-state index contributed by atoms with van der Waals surface area (Å²) in [6, 6.07) is 2.37. The van der Waals surface area contributed by atoms with Crippen molar-refractivity contribution in [1.29, 1.82) is 0 Å². The van der Waals surface area contributed by atoms with Crippen LogP contribution in [-0.2, 0) is 0 Å². The molecule has 0 atom stereocenters. The Morgan fingerprint density at radius 3 is 2.36 bits per heavy atom. The second-order valence-electron chi connectivity index (χ2n) is 4.96. The van der Waals surface area contributed by atoms with Crippen LogP contribution >= 0.6 is 11.6 Å². The van der Waals surface area contributed by atoms with Gasteiger partial charge in [-0.2, -0.15) is 0 Å². The van der Waals surface area contributed by atoms with Crippen molar-refractivity contribution < 1.29 is 27.5 Å². The normalized spacial score (nSPS) is 10.9. The maximum absolute atomic E-state index is 14.5. The van der Waals surface area contributed by atoms with Crippen molar-refractivity contribution >= 4 is 34.0 Å². The molecule has 6 nitrogen and oxygen atoms in total. The topological polar surface area (TPSA) is 87.6 Å². The van der Waals surface area contributed by atoms with E-state index in [1.54, 1.807) is 0 Å². The van der Waals surface area contributed by atoms with Crippen LogP contribution in [0.25, 0.3) is 11.0 Å². The fraction of sp³-hybridized carbons (Fsp3) is 0.125. The van der Waals surface area contributed by atoms with Gasteiger partial charge in [-0.3, -0.25) is 4.79 Å². The number of nitrogen functional groups attached to an aromatic ring is 1. The van der Waals surface area contributed by atoms with Crippen LogP contribution in [0.2, 0.25) is 5.15 Å². The number of ketones is 1. The molecular formula is C16H11ClF2N2O4. The van der Waals surface area contributed by atoms with Gasteiger partial charge in [-0.25, -0.2) is 13.8 Å². The first-order valence-electron chi connectivity index (χ1n) is 6.87. The molecule has 0 amide bonds. The molecule has 0 fully saturated rings. The maximum atomic E-state index is 14.5. The van der Waals surface area contributed by atoms with Gasteiger partial charge in [-0.1, -0.05) is 11.6 Å². The second-order valence-corrected chi connectivity index (χ2v) is 5.35. The first kappa shape index (κ1) is 17.0. The van der Waals surface area contributed by atoms with Gasteiger partial charge >= 0.3 is 0 Å². The zero-order valence-corrected chi connectivity index (χ0v) is 13.8. The highest BCUT2D eigenvalue weighted by Crippen LogP contribution is 2.36. The molecule has 0 spiro atoms. The number of carbonyl (C=O) groups is 1. The molecule has 0 aliphatic carbocycles. The van der Waals surface area contributed by atoms with Gasteiger partial charge in [-0.15, -0.1) is 0 Å². The largest absolute Gasteiger partial charge is 0.494 e. The van der Waals surface area contributed by atoms with Gasteiger partial charge in [0.1, 0.15) is 10.7 Å². The number of anilines is 1. The van der Waals surface area contributed by atoms with Crippen LogP contribution in [0, 0.1) is 11.6 Å². The summed E-state index contributed by atoms with van der Waals surface area (Å²) in [4.78, 5) is 16.5. The summed E-state index contributed by atoms with van der Waals surface area (Å²) in [6.07, 6.45) is 1.25. The van der Waals surface area contributed by atoms with Crippen LogP contribution in [0.1, 0.15) is 16.1 Å². The lowest BCUT2D eigenvalue weighted by atomic mass is 10.0. The van der Waals surface area contributed by atoms with E-state index in [1.165, 1.54) is 26.5 Å². The monoisotopic (exact) mass is 368 g/mol. The molecular weight excluding hydrogens is 358 g/mol. The molecule has 2 heterocycles. The van der Waals surface area contributed by atoms with E-state index in [-0.39, 0.29) is 27.9 Å². The van der Waals surface area contributed by atoms with Crippen molar-refractivity contribution in [2.75, 3.05) is 20.0 Å². The Morgan fingerprint density at radius 2 is 1.80 bits per heavy atom. The van der Waals surface area contributed by atoms with Crippen molar-refractivity contribution in [3.8, 4) is 11.5 Å². The third-order valence-corrected chi connectivity index (χ3v) is 3.79. The smallest absolute Gasteiger partial charge is 0.236 e. The van der Waals surface area contributed by atoms with E-state index in [2.05, 4.69) is 4.98 Å². The lowest BCUT2D eigenvalue weighted by molar-refractivity contribution is 0.100. The third kappa shape index (κ3) is 2.64. The molecule has 2 aromatic heterocycles. The SMILES string of the molecule is COc1cc(OC)c(F)c(C(=O)c2oc3cnc(Cl)cc3c2N)c1F. The average Bonchev–Trinajstić information content (AvgIpc) is 2.91. The highest BCUT2D eigenvalue weighted by Gasteiger charge is 2.30. The summed E-state index contributed by atoms with van der Waals surface area (Å²) in [5.74, 6) is -4.64. The zero-order valence-electron chi connectivity index (χ0n) is 13.0. The number of carbonyl (C=O) groups excluding carboxylic acids is 1. The van der Waals surface area contributed by atoms with Crippen LogP contribution in [0.15, 0.2) is 22.7 Å². The number of methoxy groups -OCH3 is 2. The van der Waals surface area contributed by atoms with E-state index in [4.69, 9.17) is 31.2 Å². The summed E-state index contributed by atoms with van der Waals surface area (Å²) in [5, 5.41) is 0.429. The molecule has 0 unspecified atom stereocenters. The molecule has 3 aromatic rings. The number of hydrogen-bond donors (Lipinski definition) is 1. The summed E-state index contributed by atoms with van der Waals surface area (Å²) >= 11 is 5.78. The number of benzene rings is 1. The number of rotatable bonds is 4. The van der Waals surface area contributed by atoms with Gasteiger partial charge in [0.15, 0.2) is 34.5 Å². The first-order chi connectivity index (χ1) is 11.9. The number of nitrogens with zero attached hydrogens (tertiary/aromatic N) is 1. The fourth-order valence-electron chi connectivity index (χ4n) is 2.36. The first-order valence-corrected chi connectivity index (χ1v) is 7.25. The van der Waals surface area contributed by atoms with Crippen LogP contribution in [0.5, 0.6) is 11.5 Å². The summed E-state index contributed by atoms with van der Waals surface area (Å²) in [7, 11) is 2.35. The van der Waals surface area contributed by atoms with E-state index in [9.17, 15) is 13.6 Å². The number of halogens is 3. The van der Waals surface area contributed by atoms with Crippen molar-refractivity contribution in [2.45, 2.75) is 0 Å². The standard InChI is InChI=1S/C16H11ClF2N2O4/c1-23-7-4-8(24-2)13(19)11(12(7)18)15(22)16-14(20)6-3-10(17)21-5-9(6)25-16/h3-5H,20H2,1-2H3. The molecule has 0 aliphatic rings. The van der Waals surface area contributed by atoms with Crippen LogP contribution < -0.4 is 15.2 Å². The zero-order chi connectivity index (χ0) is 18.3. The number of ether oxygens (including phenoxy) is 2. The molecule has 0 aliphatic heterocycles. The lowest BCUT2D eigenvalue weighted by Crippen LogP contribution is -2.11.